The lowest BCUT2D eigenvalue weighted by Gasteiger charge is -2.41. The van der Waals surface area contributed by atoms with Crippen LogP contribution < -0.4 is 5.32 Å². The molecule has 2 amide bonds. The SMILES string of the molecule is CC(=O)N1CCC(C(=O)N2CC[C@@H](OCc3cc(NCC(F)(F)F)cc(C(F)(F)F)c3)[C@@H](c3ccccc3)C2)CC1. The zero-order valence-electron chi connectivity index (χ0n) is 22.6. The third kappa shape index (κ3) is 8.37. The number of carbonyl (C=O) groups excluding carboxylic acids is 2. The summed E-state index contributed by atoms with van der Waals surface area (Å²) in [6, 6.07) is 12.1. The van der Waals surface area contributed by atoms with Gasteiger partial charge < -0.3 is 19.9 Å². The van der Waals surface area contributed by atoms with E-state index in [2.05, 4.69) is 0 Å². The summed E-state index contributed by atoms with van der Waals surface area (Å²) in [6.45, 7) is 1.63. The van der Waals surface area contributed by atoms with E-state index in [0.717, 1.165) is 11.6 Å². The molecule has 2 aromatic rings. The second-order valence-corrected chi connectivity index (χ2v) is 10.6. The molecule has 0 aromatic heterocycles. The number of benzene rings is 2. The van der Waals surface area contributed by atoms with Gasteiger partial charge in [0.15, 0.2) is 0 Å². The number of likely N-dealkylation sites (tertiary alicyclic amines) is 2. The number of rotatable bonds is 7. The van der Waals surface area contributed by atoms with Crippen LogP contribution in [0.2, 0.25) is 0 Å². The summed E-state index contributed by atoms with van der Waals surface area (Å²) in [6.07, 6.45) is -8.15. The van der Waals surface area contributed by atoms with Crippen molar-refractivity contribution >= 4 is 17.5 Å². The molecule has 0 spiro atoms. The van der Waals surface area contributed by atoms with Crippen LogP contribution in [0.5, 0.6) is 0 Å². The Morgan fingerprint density at radius 2 is 1.59 bits per heavy atom. The maximum atomic E-state index is 13.5. The van der Waals surface area contributed by atoms with Crippen molar-refractivity contribution in [2.45, 2.75) is 57.2 Å². The lowest BCUT2D eigenvalue weighted by Crippen LogP contribution is -2.49. The van der Waals surface area contributed by atoms with Gasteiger partial charge in [-0.15, -0.1) is 0 Å². The number of halogens is 6. The Morgan fingerprint density at radius 3 is 2.20 bits per heavy atom. The van der Waals surface area contributed by atoms with E-state index in [-0.39, 0.29) is 41.5 Å². The Balaban J connectivity index is 1.47. The first-order valence-corrected chi connectivity index (χ1v) is 13.5. The van der Waals surface area contributed by atoms with Gasteiger partial charge in [-0.2, -0.15) is 26.3 Å². The van der Waals surface area contributed by atoms with Gasteiger partial charge in [-0.3, -0.25) is 9.59 Å². The normalized spacial score (nSPS) is 20.7. The number of hydrogen-bond acceptors (Lipinski definition) is 4. The molecule has 6 nitrogen and oxygen atoms in total. The number of alkyl halides is 6. The van der Waals surface area contributed by atoms with Gasteiger partial charge >= 0.3 is 12.4 Å². The molecular weight excluding hydrogens is 552 g/mol. The number of anilines is 1. The van der Waals surface area contributed by atoms with Gasteiger partial charge in [0.1, 0.15) is 6.54 Å². The fourth-order valence-electron chi connectivity index (χ4n) is 5.50. The van der Waals surface area contributed by atoms with E-state index in [9.17, 15) is 35.9 Å². The van der Waals surface area contributed by atoms with E-state index in [0.29, 0.717) is 51.5 Å². The van der Waals surface area contributed by atoms with Gasteiger partial charge in [0.05, 0.1) is 18.3 Å². The zero-order valence-corrected chi connectivity index (χ0v) is 22.6. The molecule has 4 rings (SSSR count). The average Bonchev–Trinajstić information content (AvgIpc) is 2.94. The molecule has 0 unspecified atom stereocenters. The fraction of sp³-hybridized carbons (Fsp3) is 0.517. The molecule has 12 heteroatoms. The molecule has 2 fully saturated rings. The monoisotopic (exact) mass is 585 g/mol. The van der Waals surface area contributed by atoms with Gasteiger partial charge in [-0.1, -0.05) is 30.3 Å². The summed E-state index contributed by atoms with van der Waals surface area (Å²) in [5.41, 5.74) is -0.365. The Morgan fingerprint density at radius 1 is 0.927 bits per heavy atom. The number of hydrogen-bond donors (Lipinski definition) is 1. The highest BCUT2D eigenvalue weighted by Gasteiger charge is 2.37. The van der Waals surface area contributed by atoms with Crippen LogP contribution in [0.25, 0.3) is 0 Å². The van der Waals surface area contributed by atoms with Gasteiger partial charge in [0.2, 0.25) is 11.8 Å². The topological polar surface area (TPSA) is 61.9 Å². The van der Waals surface area contributed by atoms with E-state index >= 15 is 0 Å². The summed E-state index contributed by atoms with van der Waals surface area (Å²) >= 11 is 0. The molecule has 2 saturated heterocycles. The third-order valence-corrected chi connectivity index (χ3v) is 7.66. The first-order chi connectivity index (χ1) is 19.3. The standard InChI is InChI=1S/C29H33F6N3O3/c1-19(39)37-10-7-22(8-11-37)27(40)38-12-9-26(25(16-38)21-5-3-2-4-6-21)41-17-20-13-23(29(33,34)35)15-24(14-20)36-18-28(30,31)32/h2-6,13-15,22,25-26,36H,7-12,16-18H2,1H3/t25-,26-/m1/s1. The zero-order chi connectivity index (χ0) is 29.8. The fourth-order valence-corrected chi connectivity index (χ4v) is 5.50. The van der Waals surface area contributed by atoms with Gasteiger partial charge in [-0.05, 0) is 48.6 Å². The molecule has 0 aliphatic carbocycles. The average molecular weight is 586 g/mol. The number of carbonyl (C=O) groups is 2. The second kappa shape index (κ2) is 12.7. The van der Waals surface area contributed by atoms with Crippen molar-refractivity contribution in [3.8, 4) is 0 Å². The first-order valence-electron chi connectivity index (χ1n) is 13.5. The quantitative estimate of drug-likeness (QED) is 0.415. The molecular formula is C29H33F6N3O3. The van der Waals surface area contributed by atoms with Gasteiger partial charge in [0.25, 0.3) is 0 Å². The van der Waals surface area contributed by atoms with Gasteiger partial charge in [0, 0.05) is 50.6 Å². The molecule has 0 saturated carbocycles. The summed E-state index contributed by atoms with van der Waals surface area (Å²) in [7, 11) is 0. The van der Waals surface area contributed by atoms with Crippen molar-refractivity contribution in [2.75, 3.05) is 38.0 Å². The number of ether oxygens (including phenoxy) is 1. The van der Waals surface area contributed by atoms with Crippen LogP contribution in [-0.4, -0.2) is 66.6 Å². The molecule has 2 aliphatic rings. The molecule has 224 valence electrons. The number of nitrogens with one attached hydrogen (secondary N) is 1. The van der Waals surface area contributed by atoms with E-state index in [1.807, 2.05) is 35.6 Å². The first kappa shape index (κ1) is 30.7. The van der Waals surface area contributed by atoms with E-state index in [1.165, 1.54) is 13.0 Å². The lowest BCUT2D eigenvalue weighted by molar-refractivity contribution is -0.143. The highest BCUT2D eigenvalue weighted by atomic mass is 19.4. The van der Waals surface area contributed by atoms with Crippen LogP contribution in [-0.2, 0) is 27.1 Å². The molecule has 2 aliphatic heterocycles. The molecule has 2 aromatic carbocycles. The predicted octanol–water partition coefficient (Wildman–Crippen LogP) is 5.84. The van der Waals surface area contributed by atoms with Crippen LogP contribution in [0.4, 0.5) is 32.0 Å². The Bertz CT molecular complexity index is 1200. The van der Waals surface area contributed by atoms with E-state index < -0.39 is 30.6 Å². The maximum Gasteiger partial charge on any atom is 0.416 e. The minimum atomic E-state index is -4.75. The van der Waals surface area contributed by atoms with Crippen molar-refractivity contribution in [3.05, 3.63) is 65.2 Å². The molecule has 0 radical (unpaired) electrons. The second-order valence-electron chi connectivity index (χ2n) is 10.6. The van der Waals surface area contributed by atoms with Crippen LogP contribution in [0.3, 0.4) is 0 Å². The molecule has 41 heavy (non-hydrogen) atoms. The maximum absolute atomic E-state index is 13.5. The van der Waals surface area contributed by atoms with Crippen molar-refractivity contribution in [1.82, 2.24) is 9.80 Å². The number of nitrogens with zero attached hydrogens (tertiary/aromatic N) is 2. The molecule has 2 heterocycles. The minimum Gasteiger partial charge on any atom is -0.376 e. The smallest absolute Gasteiger partial charge is 0.376 e. The Labute approximate surface area is 234 Å². The number of piperidine rings is 2. The predicted molar refractivity (Wildman–Crippen MR) is 140 cm³/mol. The van der Waals surface area contributed by atoms with Crippen molar-refractivity contribution < 1.29 is 40.7 Å². The molecule has 0 bridgehead atoms. The van der Waals surface area contributed by atoms with Crippen LogP contribution in [0.15, 0.2) is 48.5 Å². The summed E-state index contributed by atoms with van der Waals surface area (Å²) in [5, 5.41) is 2.02. The van der Waals surface area contributed by atoms with Crippen LogP contribution >= 0.6 is 0 Å². The Kier molecular flexibility index (Phi) is 9.51. The molecule has 2 atom stereocenters. The largest absolute Gasteiger partial charge is 0.416 e. The van der Waals surface area contributed by atoms with Crippen molar-refractivity contribution in [3.63, 3.8) is 0 Å². The van der Waals surface area contributed by atoms with Crippen LogP contribution in [0, 0.1) is 5.92 Å². The highest BCUT2D eigenvalue weighted by molar-refractivity contribution is 5.80. The molecule has 1 N–H and O–H groups in total. The minimum absolute atomic E-state index is 0.0120. The van der Waals surface area contributed by atoms with E-state index in [4.69, 9.17) is 4.74 Å². The number of amides is 2. The Hall–Kier alpha value is -3.28. The van der Waals surface area contributed by atoms with Gasteiger partial charge in [-0.25, -0.2) is 0 Å². The van der Waals surface area contributed by atoms with Crippen molar-refractivity contribution in [1.29, 1.82) is 0 Å². The van der Waals surface area contributed by atoms with Crippen LogP contribution in [0.1, 0.15) is 48.8 Å². The highest BCUT2D eigenvalue weighted by Crippen LogP contribution is 2.35. The summed E-state index contributed by atoms with van der Waals surface area (Å²) in [4.78, 5) is 28.6. The summed E-state index contributed by atoms with van der Waals surface area (Å²) in [5.74, 6) is -0.431. The lowest BCUT2D eigenvalue weighted by atomic mass is 9.86. The van der Waals surface area contributed by atoms with Crippen molar-refractivity contribution in [2.24, 2.45) is 5.92 Å². The van der Waals surface area contributed by atoms with E-state index in [1.54, 1.807) is 9.80 Å². The summed E-state index contributed by atoms with van der Waals surface area (Å²) < 4.78 is 84.6. The third-order valence-electron chi connectivity index (χ3n) is 7.66.